The van der Waals surface area contributed by atoms with E-state index in [1.165, 1.54) is 5.56 Å². The largest absolute Gasteiger partial charge is 0.511 e. The van der Waals surface area contributed by atoms with Gasteiger partial charge in [0.25, 0.3) is 0 Å². The molecule has 0 aliphatic rings. The summed E-state index contributed by atoms with van der Waals surface area (Å²) in [4.78, 5) is 14.8. The van der Waals surface area contributed by atoms with E-state index in [1.54, 1.807) is 12.1 Å². The van der Waals surface area contributed by atoms with Crippen LogP contribution in [-0.4, -0.2) is 20.7 Å². The number of rotatable bonds is 9. The summed E-state index contributed by atoms with van der Waals surface area (Å²) in [6.45, 7) is 16.4. The molecule has 2 N–H and O–H groups in total. The molecule has 1 aromatic heterocycles. The Labute approximate surface area is 324 Å². The number of benzene rings is 5. The zero-order chi connectivity index (χ0) is 38.0. The first-order valence-corrected chi connectivity index (χ1v) is 18.1. The fourth-order valence-corrected chi connectivity index (χ4v) is 6.65. The van der Waals surface area contributed by atoms with Gasteiger partial charge in [0, 0.05) is 31.7 Å². The average Bonchev–Trinajstić information content (AvgIpc) is 3.14. The minimum atomic E-state index is -1.46. The van der Waals surface area contributed by atoms with E-state index < -0.39 is 17.5 Å². The minimum Gasteiger partial charge on any atom is -0.511 e. The second-order valence-electron chi connectivity index (χ2n) is 14.4. The molecule has 0 fully saturated rings. The molecule has 0 bridgehead atoms. The van der Waals surface area contributed by atoms with Crippen molar-refractivity contribution in [2.24, 2.45) is 10.8 Å². The van der Waals surface area contributed by atoms with Crippen LogP contribution in [0.5, 0.6) is 0 Å². The van der Waals surface area contributed by atoms with Crippen LogP contribution in [0, 0.1) is 48.2 Å². The van der Waals surface area contributed by atoms with Crippen molar-refractivity contribution in [3.05, 3.63) is 125 Å². The third-order valence-corrected chi connectivity index (χ3v) is 11.1. The molecule has 5 aromatic carbocycles. The van der Waals surface area contributed by atoms with E-state index in [9.17, 15) is 23.1 Å². The van der Waals surface area contributed by atoms with Crippen LogP contribution < -0.4 is 0 Å². The van der Waals surface area contributed by atoms with Crippen molar-refractivity contribution in [3.8, 4) is 22.4 Å². The van der Waals surface area contributed by atoms with Crippen LogP contribution in [0.25, 0.3) is 54.7 Å². The molecule has 279 valence electrons. The van der Waals surface area contributed by atoms with Crippen LogP contribution in [0.3, 0.4) is 0 Å². The molecule has 7 heteroatoms. The van der Waals surface area contributed by atoms with Crippen molar-refractivity contribution in [1.82, 2.24) is 4.98 Å². The van der Waals surface area contributed by atoms with Gasteiger partial charge in [-0.3, -0.25) is 4.79 Å². The van der Waals surface area contributed by atoms with Crippen LogP contribution >= 0.6 is 0 Å². The van der Waals surface area contributed by atoms with Gasteiger partial charge in [0.2, 0.25) is 0 Å². The number of fused-ring (bicyclic) bond motifs is 5. The van der Waals surface area contributed by atoms with E-state index in [0.29, 0.717) is 22.7 Å². The summed E-state index contributed by atoms with van der Waals surface area (Å²) < 4.78 is 40.9. The molecule has 1 heterocycles. The Morgan fingerprint density at radius 3 is 1.87 bits per heavy atom. The van der Waals surface area contributed by atoms with E-state index in [0.717, 1.165) is 87.0 Å². The zero-order valence-corrected chi connectivity index (χ0v) is 34.1. The van der Waals surface area contributed by atoms with Crippen molar-refractivity contribution >= 4 is 38.1 Å². The fourth-order valence-electron chi connectivity index (χ4n) is 6.65. The zero-order valence-electron chi connectivity index (χ0n) is 31.7. The van der Waals surface area contributed by atoms with E-state index in [4.69, 9.17) is 0 Å². The maximum Gasteiger partial charge on any atom is 0.325 e. The maximum absolute atomic E-state index is 13.8. The molecule has 1 radical (unpaired) electrons. The number of pyridine rings is 1. The van der Waals surface area contributed by atoms with Gasteiger partial charge in [0.05, 0.1) is 11.5 Å². The van der Waals surface area contributed by atoms with Crippen LogP contribution in [-0.2, 0) is 20.1 Å². The molecule has 0 aliphatic heterocycles. The van der Waals surface area contributed by atoms with Gasteiger partial charge in [-0.1, -0.05) is 84.9 Å². The Bertz CT molecular complexity index is 2280. The van der Waals surface area contributed by atoms with Gasteiger partial charge in [0.1, 0.15) is 5.76 Å². The number of allylic oxidation sites excluding steroid dienone is 2. The monoisotopic (exact) mass is 896 g/mol. The second kappa shape index (κ2) is 16.8. The van der Waals surface area contributed by atoms with Crippen molar-refractivity contribution in [2.75, 3.05) is 0 Å². The molecule has 6 rings (SSSR count). The maximum atomic E-state index is 13.8. The second-order valence-corrected chi connectivity index (χ2v) is 14.4. The molecule has 0 aliphatic carbocycles. The minimum absolute atomic E-state index is 0. The van der Waals surface area contributed by atoms with Gasteiger partial charge >= 0.3 is 5.78 Å². The van der Waals surface area contributed by atoms with Gasteiger partial charge in [-0.15, -0.1) is 34.9 Å². The summed E-state index contributed by atoms with van der Waals surface area (Å²) >= 11 is 0. The Hall–Kier alpha value is -4.32. The molecule has 6 aromatic rings. The number of aryl methyl sites for hydroxylation is 2. The van der Waals surface area contributed by atoms with Crippen LogP contribution in [0.1, 0.15) is 78.4 Å². The molecular formula is C46H48F3IrNO2. The summed E-state index contributed by atoms with van der Waals surface area (Å²) in [6, 6.07) is 25.5. The van der Waals surface area contributed by atoms with Gasteiger partial charge < -0.3 is 10.1 Å². The molecule has 53 heavy (non-hydrogen) atoms. The first kappa shape index (κ1) is 41.4. The molecule has 0 saturated heterocycles. The van der Waals surface area contributed by atoms with Crippen LogP contribution in [0.2, 0.25) is 0 Å². The number of nitrogens with zero attached hydrogens (tertiary/aromatic N) is 1. The topological polar surface area (TPSA) is 54.5 Å². The van der Waals surface area contributed by atoms with Gasteiger partial charge in [-0.2, -0.15) is 0 Å². The van der Waals surface area contributed by atoms with Gasteiger partial charge in [0.15, 0.2) is 17.5 Å². The number of carbonyl (C=O) groups excluding carboxylic acids is 1. The number of hydrogen-bond donors (Lipinski definition) is 1. The van der Waals surface area contributed by atoms with Gasteiger partial charge in [-0.25, -0.2) is 13.2 Å². The van der Waals surface area contributed by atoms with E-state index >= 15 is 0 Å². The smallest absolute Gasteiger partial charge is 0.325 e. The van der Waals surface area contributed by atoms with Crippen LogP contribution in [0.15, 0.2) is 90.8 Å². The SMILES string of the molecule is CCC(C)(CC)C(=[OH+])/C=C(\O)C(C)(CC)CC.Cc1[c-]c(-c2nccc3c2ccc2c4ccc(-c5cc(F)c(F)c(F)c5)cc4ccc32)cc(C)c1.[Ir]. The molecule has 0 spiro atoms. The van der Waals surface area contributed by atoms with E-state index in [1.807, 2.05) is 51.2 Å². The quantitative estimate of drug-likeness (QED) is 0.0393. The number of halogens is 3. The molecule has 0 saturated carbocycles. The average molecular weight is 896 g/mol. The Balaban J connectivity index is 0.000000299. The fraction of sp³-hybridized carbons (Fsp3) is 0.304. The first-order chi connectivity index (χ1) is 24.7. The summed E-state index contributed by atoms with van der Waals surface area (Å²) in [6.07, 6.45) is 6.87. The van der Waals surface area contributed by atoms with E-state index in [2.05, 4.69) is 76.0 Å². The van der Waals surface area contributed by atoms with Crippen LogP contribution in [0.4, 0.5) is 13.2 Å². The Morgan fingerprint density at radius 2 is 1.26 bits per heavy atom. The predicted octanol–water partition coefficient (Wildman–Crippen LogP) is 13.3. The molecular weight excluding hydrogens is 848 g/mol. The summed E-state index contributed by atoms with van der Waals surface area (Å²) in [7, 11) is 0. The molecule has 0 atom stereocenters. The summed E-state index contributed by atoms with van der Waals surface area (Å²) in [5.41, 5.74) is 4.56. The van der Waals surface area contributed by atoms with E-state index in [-0.39, 0.29) is 30.9 Å². The van der Waals surface area contributed by atoms with Crippen molar-refractivity contribution in [3.63, 3.8) is 0 Å². The number of aliphatic hydroxyl groups is 1. The van der Waals surface area contributed by atoms with Crippen molar-refractivity contribution < 1.29 is 43.2 Å². The van der Waals surface area contributed by atoms with Crippen molar-refractivity contribution in [2.45, 2.75) is 81.1 Å². The Morgan fingerprint density at radius 1 is 0.717 bits per heavy atom. The predicted molar refractivity (Wildman–Crippen MR) is 211 cm³/mol. The third-order valence-electron chi connectivity index (χ3n) is 11.1. The normalized spacial score (nSPS) is 12.1. The number of aliphatic hydroxyl groups excluding tert-OH is 1. The summed E-state index contributed by atoms with van der Waals surface area (Å²) in [5.74, 6) is -3.26. The number of hydrogen-bond acceptors (Lipinski definition) is 2. The molecule has 0 amide bonds. The first-order valence-electron chi connectivity index (χ1n) is 18.1. The third kappa shape index (κ3) is 8.42. The molecule has 3 nitrogen and oxygen atoms in total. The van der Waals surface area contributed by atoms with Gasteiger partial charge in [-0.05, 0) is 106 Å². The standard InChI is InChI=1S/C31H19F3N.C15H28O2.Ir/c1-17-11-18(2)13-22(12-17)31-27-8-7-24-23-5-3-19(21-15-28(32)30(34)29(33)16-21)14-20(23)4-6-25(24)26(27)9-10-35-31;1-7-14(5,8-2)12(16)11-13(17)15(6,9-3)10-4;/h3-12,14-16H,1-2H3;11,16H,7-10H2,1-6H3;/q-1;;/p+1/b;12-11-;. The number of ketones is 1. The van der Waals surface area contributed by atoms with Crippen molar-refractivity contribution in [1.29, 1.82) is 0 Å². The Kier molecular flexibility index (Phi) is 13.1. The summed E-state index contributed by atoms with van der Waals surface area (Å²) in [5, 5.41) is 16.4. The molecule has 0 unspecified atom stereocenters. The number of aromatic nitrogens is 1.